The number of amides is 4. The third-order valence-corrected chi connectivity index (χ3v) is 8.62. The fourth-order valence-electron chi connectivity index (χ4n) is 6.15. The molecule has 0 spiro atoms. The van der Waals surface area contributed by atoms with Crippen LogP contribution in [-0.2, 0) is 43.2 Å². The van der Waals surface area contributed by atoms with E-state index in [0.29, 0.717) is 25.0 Å². The number of carboxylic acid groups (broad SMARTS) is 1. The van der Waals surface area contributed by atoms with Crippen LogP contribution in [0.25, 0.3) is 0 Å². The quantitative estimate of drug-likeness (QED) is 0.148. The molecule has 2 aliphatic rings. The molecule has 2 aromatic carbocycles. The molecule has 0 bridgehead atoms. The van der Waals surface area contributed by atoms with E-state index in [-0.39, 0.29) is 31.7 Å². The van der Waals surface area contributed by atoms with E-state index in [2.05, 4.69) is 31.2 Å². The van der Waals surface area contributed by atoms with Gasteiger partial charge in [0.15, 0.2) is 0 Å². The van der Waals surface area contributed by atoms with E-state index < -0.39 is 53.9 Å². The van der Waals surface area contributed by atoms with E-state index in [1.807, 2.05) is 36.4 Å². The molecule has 1 aromatic heterocycles. The summed E-state index contributed by atoms with van der Waals surface area (Å²) in [6, 6.07) is 13.7. The summed E-state index contributed by atoms with van der Waals surface area (Å²) in [5.74, 6) is -3.05. The number of carboxylic acids is 1. The minimum Gasteiger partial charge on any atom is -0.480 e. The van der Waals surface area contributed by atoms with Crippen LogP contribution in [0.15, 0.2) is 73.2 Å². The Balaban J connectivity index is 1.32. The van der Waals surface area contributed by atoms with Crippen LogP contribution in [-0.4, -0.2) is 92.9 Å². The van der Waals surface area contributed by atoms with Crippen LogP contribution < -0.4 is 21.3 Å². The normalized spacial score (nSPS) is 19.4. The summed E-state index contributed by atoms with van der Waals surface area (Å²) in [5.41, 5.74) is 2.18. The molecule has 13 heteroatoms. The van der Waals surface area contributed by atoms with Crippen molar-refractivity contribution in [2.24, 2.45) is 0 Å². The summed E-state index contributed by atoms with van der Waals surface area (Å²) >= 11 is 0. The molecule has 13 nitrogen and oxygen atoms in total. The maximum atomic E-state index is 14.1. The van der Waals surface area contributed by atoms with Crippen LogP contribution in [0.4, 0.5) is 0 Å². The van der Waals surface area contributed by atoms with Crippen molar-refractivity contribution in [1.29, 1.82) is 0 Å². The van der Waals surface area contributed by atoms with Gasteiger partial charge in [-0.05, 0) is 43.4 Å². The van der Waals surface area contributed by atoms with E-state index in [1.54, 1.807) is 30.5 Å². The molecule has 6 N–H and O–H groups in total. The van der Waals surface area contributed by atoms with Crippen molar-refractivity contribution in [2.75, 3.05) is 13.1 Å². The van der Waals surface area contributed by atoms with Crippen LogP contribution in [0.3, 0.4) is 0 Å². The monoisotopic (exact) mass is 643 g/mol. The lowest BCUT2D eigenvalue weighted by molar-refractivity contribution is -0.145. The number of likely N-dealkylation sites (tertiary alicyclic amines) is 1. The van der Waals surface area contributed by atoms with Crippen LogP contribution >= 0.6 is 0 Å². The van der Waals surface area contributed by atoms with E-state index in [0.717, 1.165) is 24.1 Å². The number of carbonyl (C=O) groups is 5. The minimum absolute atomic E-state index is 0.0668. The number of hydrogen-bond acceptors (Lipinski definition) is 7. The van der Waals surface area contributed by atoms with Gasteiger partial charge in [0.05, 0.1) is 12.4 Å². The van der Waals surface area contributed by atoms with Crippen molar-refractivity contribution in [3.63, 3.8) is 0 Å². The number of H-pyrrole nitrogens is 1. The highest BCUT2D eigenvalue weighted by Gasteiger charge is 2.40. The van der Waals surface area contributed by atoms with Gasteiger partial charge >= 0.3 is 5.97 Å². The summed E-state index contributed by atoms with van der Waals surface area (Å²) < 4.78 is 0. The fourth-order valence-corrected chi connectivity index (χ4v) is 6.15. The predicted molar refractivity (Wildman–Crippen MR) is 172 cm³/mol. The van der Waals surface area contributed by atoms with E-state index in [4.69, 9.17) is 0 Å². The zero-order chi connectivity index (χ0) is 33.2. The van der Waals surface area contributed by atoms with Gasteiger partial charge in [-0.1, -0.05) is 60.7 Å². The number of aromatic nitrogens is 2. The first-order valence-electron chi connectivity index (χ1n) is 16.0. The first-order chi connectivity index (χ1) is 22.8. The second-order valence-electron chi connectivity index (χ2n) is 12.0. The number of aromatic amines is 1. The lowest BCUT2D eigenvalue weighted by Gasteiger charge is -2.30. The van der Waals surface area contributed by atoms with Gasteiger partial charge < -0.3 is 36.3 Å². The Kier molecular flexibility index (Phi) is 11.3. The molecule has 2 fully saturated rings. The van der Waals surface area contributed by atoms with Gasteiger partial charge in [-0.3, -0.25) is 19.2 Å². The second kappa shape index (κ2) is 16.0. The number of imidazole rings is 1. The van der Waals surface area contributed by atoms with Gasteiger partial charge in [0.2, 0.25) is 23.6 Å². The molecule has 4 amide bonds. The number of benzene rings is 2. The molecular formula is C34H41N7O6. The van der Waals surface area contributed by atoms with E-state index in [9.17, 15) is 29.1 Å². The van der Waals surface area contributed by atoms with E-state index >= 15 is 0 Å². The summed E-state index contributed by atoms with van der Waals surface area (Å²) in [4.78, 5) is 75.0. The molecule has 2 saturated heterocycles. The maximum absolute atomic E-state index is 14.1. The van der Waals surface area contributed by atoms with Crippen molar-refractivity contribution < 1.29 is 29.1 Å². The average Bonchev–Trinajstić information content (AvgIpc) is 3.88. The van der Waals surface area contributed by atoms with Gasteiger partial charge in [-0.25, -0.2) is 9.78 Å². The summed E-state index contributed by atoms with van der Waals surface area (Å²) in [6.07, 6.45) is 5.80. The molecule has 3 aromatic rings. The van der Waals surface area contributed by atoms with Crippen molar-refractivity contribution in [2.45, 2.75) is 75.2 Å². The lowest BCUT2D eigenvalue weighted by atomic mass is 10.0. The molecule has 47 heavy (non-hydrogen) atoms. The Bertz CT molecular complexity index is 1510. The average molecular weight is 644 g/mol. The molecule has 2 aliphatic heterocycles. The topological polar surface area (TPSA) is 186 Å². The van der Waals surface area contributed by atoms with Crippen molar-refractivity contribution >= 4 is 29.6 Å². The predicted octanol–water partition coefficient (Wildman–Crippen LogP) is 0.720. The molecule has 0 aliphatic carbocycles. The number of nitrogens with one attached hydrogen (secondary N) is 5. The highest BCUT2D eigenvalue weighted by Crippen LogP contribution is 2.20. The smallest absolute Gasteiger partial charge is 0.326 e. The Labute approximate surface area is 272 Å². The summed E-state index contributed by atoms with van der Waals surface area (Å²) in [6.45, 7) is 0.985. The Morgan fingerprint density at radius 3 is 2.06 bits per heavy atom. The standard InChI is InChI=1S/C34H41N7O6/c42-30(25-13-7-15-36-25)38-26(17-22-9-3-1-4-10-22)31(43)39-27(19-24-20-35-21-37-24)33(45)41-16-8-14-29(41)32(44)40-28(34(46)47)18-23-11-5-2-6-12-23/h1-6,9-12,20-21,25-29,36H,7-8,13-19H2,(H,35,37)(H,38,42)(H,39,43)(H,40,44)(H,46,47). The number of rotatable bonds is 14. The highest BCUT2D eigenvalue weighted by molar-refractivity contribution is 5.96. The zero-order valence-corrected chi connectivity index (χ0v) is 26.1. The third-order valence-electron chi connectivity index (χ3n) is 8.62. The van der Waals surface area contributed by atoms with Crippen LogP contribution in [0.1, 0.15) is 42.5 Å². The minimum atomic E-state index is -1.18. The van der Waals surface area contributed by atoms with Gasteiger partial charge in [-0.2, -0.15) is 0 Å². The molecule has 248 valence electrons. The SMILES string of the molecule is O=C(O)C(Cc1ccccc1)NC(=O)C1CCCN1C(=O)C(Cc1cnc[nH]1)NC(=O)C(Cc1ccccc1)NC(=O)C1CCCN1. The zero-order valence-electron chi connectivity index (χ0n) is 26.1. The molecule has 0 radical (unpaired) electrons. The number of hydrogen-bond donors (Lipinski definition) is 6. The van der Waals surface area contributed by atoms with Gasteiger partial charge in [0.1, 0.15) is 24.2 Å². The first kappa shape index (κ1) is 33.3. The molecule has 3 heterocycles. The van der Waals surface area contributed by atoms with Crippen molar-refractivity contribution in [1.82, 2.24) is 36.1 Å². The van der Waals surface area contributed by atoms with Crippen LogP contribution in [0.5, 0.6) is 0 Å². The summed E-state index contributed by atoms with van der Waals surface area (Å²) in [5, 5.41) is 21.3. The number of carbonyl (C=O) groups excluding carboxylic acids is 4. The Hall–Kier alpha value is -5.04. The third kappa shape index (κ3) is 9.03. The Morgan fingerprint density at radius 2 is 1.47 bits per heavy atom. The van der Waals surface area contributed by atoms with Gasteiger partial charge in [0, 0.05) is 37.7 Å². The lowest BCUT2D eigenvalue weighted by Crippen LogP contribution is -2.59. The maximum Gasteiger partial charge on any atom is 0.326 e. The Morgan fingerprint density at radius 1 is 0.809 bits per heavy atom. The van der Waals surface area contributed by atoms with Crippen molar-refractivity contribution in [3.05, 3.63) is 90.0 Å². The fraction of sp³-hybridized carbons (Fsp3) is 0.412. The molecule has 0 saturated carbocycles. The second-order valence-corrected chi connectivity index (χ2v) is 12.0. The molecule has 5 rings (SSSR count). The van der Waals surface area contributed by atoms with E-state index in [1.165, 1.54) is 11.2 Å². The highest BCUT2D eigenvalue weighted by atomic mass is 16.4. The largest absolute Gasteiger partial charge is 0.480 e. The molecule has 5 unspecified atom stereocenters. The molecular weight excluding hydrogens is 602 g/mol. The van der Waals surface area contributed by atoms with Crippen LogP contribution in [0.2, 0.25) is 0 Å². The molecule has 5 atom stereocenters. The van der Waals surface area contributed by atoms with Crippen molar-refractivity contribution in [3.8, 4) is 0 Å². The van der Waals surface area contributed by atoms with Gasteiger partial charge in [-0.15, -0.1) is 0 Å². The number of aliphatic carboxylic acids is 1. The first-order valence-corrected chi connectivity index (χ1v) is 16.0. The number of nitrogens with zero attached hydrogens (tertiary/aromatic N) is 2. The van der Waals surface area contributed by atoms with Crippen LogP contribution in [0, 0.1) is 0 Å². The summed E-state index contributed by atoms with van der Waals surface area (Å²) in [7, 11) is 0. The van der Waals surface area contributed by atoms with Gasteiger partial charge in [0.25, 0.3) is 0 Å².